The number of nitrogens with one attached hydrogen (secondary N) is 2. The van der Waals surface area contributed by atoms with Gasteiger partial charge in [-0.2, -0.15) is 0 Å². The predicted octanol–water partition coefficient (Wildman–Crippen LogP) is 3.17. The summed E-state index contributed by atoms with van der Waals surface area (Å²) in [7, 11) is 0. The van der Waals surface area contributed by atoms with Crippen molar-refractivity contribution in [3.05, 3.63) is 69.8 Å². The highest BCUT2D eigenvalue weighted by molar-refractivity contribution is 5.95. The van der Waals surface area contributed by atoms with Crippen LogP contribution in [0.4, 0.5) is 10.1 Å². The number of fused-ring (bicyclic) bond motifs is 3. The fourth-order valence-electron chi connectivity index (χ4n) is 3.35. The van der Waals surface area contributed by atoms with E-state index in [2.05, 4.69) is 10.3 Å². The van der Waals surface area contributed by atoms with Gasteiger partial charge in [0.25, 0.3) is 11.5 Å². The monoisotopic (exact) mass is 352 g/mol. The van der Waals surface area contributed by atoms with E-state index in [1.165, 1.54) is 24.3 Å². The standard InChI is InChI=1S/C20H17FN2O3/c21-12-4-7-14(8-5-12)26-11-19(24)22-13-6-9-16-15-2-1-3-17(15)20(25)23-18(16)10-13/h4-10H,1-3,11H2,(H,22,24)(H,23,25). The minimum Gasteiger partial charge on any atom is -0.484 e. The van der Waals surface area contributed by atoms with Gasteiger partial charge in [-0.25, -0.2) is 4.39 Å². The average Bonchev–Trinajstić information content (AvgIpc) is 3.12. The molecule has 0 spiro atoms. The minimum absolute atomic E-state index is 0.0480. The highest BCUT2D eigenvalue weighted by atomic mass is 19.1. The van der Waals surface area contributed by atoms with Crippen LogP contribution in [0, 0.1) is 5.82 Å². The Morgan fingerprint density at radius 1 is 1.12 bits per heavy atom. The number of pyridine rings is 1. The molecule has 3 aromatic rings. The number of halogens is 1. The van der Waals surface area contributed by atoms with Crippen LogP contribution < -0.4 is 15.6 Å². The number of aromatic amines is 1. The molecule has 0 fully saturated rings. The number of hydrogen-bond acceptors (Lipinski definition) is 3. The lowest BCUT2D eigenvalue weighted by atomic mass is 10.1. The molecule has 5 nitrogen and oxygen atoms in total. The Hall–Kier alpha value is -3.15. The second-order valence-electron chi connectivity index (χ2n) is 6.32. The van der Waals surface area contributed by atoms with Gasteiger partial charge in [-0.15, -0.1) is 0 Å². The lowest BCUT2D eigenvalue weighted by molar-refractivity contribution is -0.118. The first-order chi connectivity index (χ1) is 12.6. The second-order valence-corrected chi connectivity index (χ2v) is 6.32. The van der Waals surface area contributed by atoms with Gasteiger partial charge in [-0.05, 0) is 61.2 Å². The third kappa shape index (κ3) is 3.18. The summed E-state index contributed by atoms with van der Waals surface area (Å²) >= 11 is 0. The number of amides is 1. The molecule has 0 aliphatic heterocycles. The van der Waals surface area contributed by atoms with Crippen molar-refractivity contribution in [2.75, 3.05) is 11.9 Å². The summed E-state index contributed by atoms with van der Waals surface area (Å²) in [6.45, 7) is -0.190. The van der Waals surface area contributed by atoms with Crippen LogP contribution in [0.2, 0.25) is 0 Å². The number of H-pyrrole nitrogens is 1. The van der Waals surface area contributed by atoms with E-state index < -0.39 is 0 Å². The fraction of sp³-hybridized carbons (Fsp3) is 0.200. The molecular formula is C20H17FN2O3. The molecule has 26 heavy (non-hydrogen) atoms. The molecule has 0 saturated heterocycles. The maximum Gasteiger partial charge on any atom is 0.262 e. The molecule has 0 saturated carbocycles. The Bertz CT molecular complexity index is 1040. The van der Waals surface area contributed by atoms with Gasteiger partial charge in [0.1, 0.15) is 11.6 Å². The SMILES string of the molecule is O=C(COc1ccc(F)cc1)Nc1ccc2c3c(c(=O)[nH]c2c1)CCC3. The molecule has 0 bridgehead atoms. The molecule has 2 aromatic carbocycles. The Balaban J connectivity index is 1.48. The number of aromatic nitrogens is 1. The van der Waals surface area contributed by atoms with Gasteiger partial charge in [-0.1, -0.05) is 6.07 Å². The molecule has 2 N–H and O–H groups in total. The highest BCUT2D eigenvalue weighted by Gasteiger charge is 2.18. The first-order valence-electron chi connectivity index (χ1n) is 8.46. The maximum atomic E-state index is 12.9. The number of benzene rings is 2. The summed E-state index contributed by atoms with van der Waals surface area (Å²) in [5.41, 5.74) is 3.24. The van der Waals surface area contributed by atoms with Gasteiger partial charge in [0.05, 0.1) is 5.52 Å². The van der Waals surface area contributed by atoms with Crippen LogP contribution in [0.5, 0.6) is 5.75 Å². The van der Waals surface area contributed by atoms with Gasteiger partial charge in [0, 0.05) is 16.6 Å². The summed E-state index contributed by atoms with van der Waals surface area (Å²) in [6.07, 6.45) is 2.73. The number of carbonyl (C=O) groups is 1. The van der Waals surface area contributed by atoms with E-state index in [0.717, 1.165) is 35.8 Å². The number of aryl methyl sites for hydroxylation is 1. The summed E-state index contributed by atoms with van der Waals surface area (Å²) in [5, 5.41) is 3.77. The summed E-state index contributed by atoms with van der Waals surface area (Å²) in [4.78, 5) is 27.1. The second kappa shape index (κ2) is 6.63. The average molecular weight is 352 g/mol. The lowest BCUT2D eigenvalue weighted by Crippen LogP contribution is -2.20. The minimum atomic E-state index is -0.363. The molecule has 0 unspecified atom stereocenters. The Morgan fingerprint density at radius 3 is 2.69 bits per heavy atom. The van der Waals surface area contributed by atoms with Gasteiger partial charge in [-0.3, -0.25) is 9.59 Å². The third-order valence-electron chi connectivity index (χ3n) is 4.55. The van der Waals surface area contributed by atoms with E-state index in [4.69, 9.17) is 4.74 Å². The van der Waals surface area contributed by atoms with E-state index in [0.29, 0.717) is 17.0 Å². The zero-order valence-electron chi connectivity index (χ0n) is 14.0. The zero-order valence-corrected chi connectivity index (χ0v) is 14.0. The van der Waals surface area contributed by atoms with E-state index in [1.54, 1.807) is 6.07 Å². The Morgan fingerprint density at radius 2 is 1.88 bits per heavy atom. The van der Waals surface area contributed by atoms with Crippen LogP contribution in [-0.4, -0.2) is 17.5 Å². The first kappa shape index (κ1) is 16.3. The quantitative estimate of drug-likeness (QED) is 0.758. The van der Waals surface area contributed by atoms with Crippen molar-refractivity contribution in [1.82, 2.24) is 4.98 Å². The van der Waals surface area contributed by atoms with Crippen LogP contribution in [0.25, 0.3) is 10.9 Å². The smallest absolute Gasteiger partial charge is 0.262 e. The molecule has 1 heterocycles. The number of rotatable bonds is 4. The van der Waals surface area contributed by atoms with Crippen molar-refractivity contribution < 1.29 is 13.9 Å². The van der Waals surface area contributed by atoms with Gasteiger partial charge in [0.15, 0.2) is 6.61 Å². The molecule has 6 heteroatoms. The van der Waals surface area contributed by atoms with Gasteiger partial charge < -0.3 is 15.0 Å². The highest BCUT2D eigenvalue weighted by Crippen LogP contribution is 2.27. The molecular weight excluding hydrogens is 335 g/mol. The van der Waals surface area contributed by atoms with E-state index in [9.17, 15) is 14.0 Å². The number of ether oxygens (including phenoxy) is 1. The van der Waals surface area contributed by atoms with Gasteiger partial charge >= 0.3 is 0 Å². The summed E-state index contributed by atoms with van der Waals surface area (Å²) in [5.74, 6) is -0.282. The fourth-order valence-corrected chi connectivity index (χ4v) is 3.35. The summed E-state index contributed by atoms with van der Waals surface area (Å²) in [6, 6.07) is 11.0. The Kier molecular flexibility index (Phi) is 4.16. The number of anilines is 1. The molecule has 0 radical (unpaired) electrons. The molecule has 4 rings (SSSR count). The van der Waals surface area contributed by atoms with Gasteiger partial charge in [0.2, 0.25) is 0 Å². The third-order valence-corrected chi connectivity index (χ3v) is 4.55. The molecule has 1 aromatic heterocycles. The molecule has 132 valence electrons. The molecule has 1 amide bonds. The van der Waals surface area contributed by atoms with E-state index in [-0.39, 0.29) is 23.9 Å². The molecule has 1 aliphatic rings. The van der Waals surface area contributed by atoms with E-state index in [1.807, 2.05) is 12.1 Å². The van der Waals surface area contributed by atoms with Crippen molar-refractivity contribution in [3.8, 4) is 5.75 Å². The largest absolute Gasteiger partial charge is 0.484 e. The van der Waals surface area contributed by atoms with Crippen LogP contribution in [0.15, 0.2) is 47.3 Å². The number of carbonyl (C=O) groups excluding carboxylic acids is 1. The first-order valence-corrected chi connectivity index (χ1v) is 8.46. The van der Waals surface area contributed by atoms with Crippen molar-refractivity contribution >= 4 is 22.5 Å². The zero-order chi connectivity index (χ0) is 18.1. The van der Waals surface area contributed by atoms with Crippen LogP contribution >= 0.6 is 0 Å². The Labute approximate surface area is 148 Å². The number of hydrogen-bond donors (Lipinski definition) is 2. The summed E-state index contributed by atoms with van der Waals surface area (Å²) < 4.78 is 18.2. The molecule has 1 aliphatic carbocycles. The van der Waals surface area contributed by atoms with Crippen molar-refractivity contribution in [3.63, 3.8) is 0 Å². The molecule has 0 atom stereocenters. The lowest BCUT2D eigenvalue weighted by Gasteiger charge is -2.10. The van der Waals surface area contributed by atoms with Crippen molar-refractivity contribution in [2.45, 2.75) is 19.3 Å². The van der Waals surface area contributed by atoms with Crippen molar-refractivity contribution in [1.29, 1.82) is 0 Å². The topological polar surface area (TPSA) is 71.2 Å². The predicted molar refractivity (Wildman–Crippen MR) is 97.1 cm³/mol. The van der Waals surface area contributed by atoms with Crippen LogP contribution in [0.1, 0.15) is 17.5 Å². The maximum absolute atomic E-state index is 12.9. The van der Waals surface area contributed by atoms with E-state index >= 15 is 0 Å². The van der Waals surface area contributed by atoms with Crippen molar-refractivity contribution in [2.24, 2.45) is 0 Å². The normalized spacial score (nSPS) is 12.8. The van der Waals surface area contributed by atoms with Crippen LogP contribution in [0.3, 0.4) is 0 Å². The van der Waals surface area contributed by atoms with Crippen LogP contribution in [-0.2, 0) is 17.6 Å².